The van der Waals surface area contributed by atoms with Gasteiger partial charge in [-0.25, -0.2) is 8.42 Å². The predicted octanol–water partition coefficient (Wildman–Crippen LogP) is 4.81. The van der Waals surface area contributed by atoms with Crippen molar-refractivity contribution in [2.45, 2.75) is 10.3 Å². The van der Waals surface area contributed by atoms with E-state index in [1.807, 2.05) is 60.7 Å². The number of nitrogens with zero attached hydrogens (tertiary/aromatic N) is 1. The summed E-state index contributed by atoms with van der Waals surface area (Å²) in [5.41, 5.74) is 1.83. The molecule has 3 rings (SSSR count). The molecule has 3 aromatic rings. The maximum absolute atomic E-state index is 13.0. The largest absolute Gasteiger partial charge is 0.253 e. The maximum Gasteiger partial charge on any atom is 0.253 e. The van der Waals surface area contributed by atoms with Gasteiger partial charge >= 0.3 is 0 Å². The predicted molar refractivity (Wildman–Crippen MR) is 99.0 cm³/mol. The third-order valence-electron chi connectivity index (χ3n) is 3.78. The highest BCUT2D eigenvalue weighted by Gasteiger charge is 2.31. The minimum absolute atomic E-state index is 0.242. The first-order valence-corrected chi connectivity index (χ1v) is 9.97. The molecule has 1 heterocycles. The van der Waals surface area contributed by atoms with E-state index in [0.29, 0.717) is 4.34 Å². The summed E-state index contributed by atoms with van der Waals surface area (Å²) in [7, 11) is -2.04. The lowest BCUT2D eigenvalue weighted by atomic mass is 9.99. The van der Waals surface area contributed by atoms with E-state index < -0.39 is 16.1 Å². The molecule has 0 radical (unpaired) electrons. The fourth-order valence-electron chi connectivity index (χ4n) is 2.60. The van der Waals surface area contributed by atoms with Gasteiger partial charge in [-0.2, -0.15) is 4.31 Å². The van der Waals surface area contributed by atoms with Crippen LogP contribution in [0, 0.1) is 0 Å². The van der Waals surface area contributed by atoms with Gasteiger partial charge in [-0.3, -0.25) is 0 Å². The molecule has 3 nitrogen and oxygen atoms in total. The molecule has 0 fully saturated rings. The first kappa shape index (κ1) is 17.2. The number of halogens is 1. The van der Waals surface area contributed by atoms with Gasteiger partial charge in [-0.05, 0) is 23.3 Å². The summed E-state index contributed by atoms with van der Waals surface area (Å²) in [6, 6.07) is 22.0. The van der Waals surface area contributed by atoms with E-state index >= 15 is 0 Å². The summed E-state index contributed by atoms with van der Waals surface area (Å²) in [4.78, 5) is 0. The number of hydrogen-bond acceptors (Lipinski definition) is 3. The van der Waals surface area contributed by atoms with Gasteiger partial charge < -0.3 is 0 Å². The fraction of sp³-hybridized carbons (Fsp3) is 0.111. The Hall–Kier alpha value is -1.66. The van der Waals surface area contributed by atoms with E-state index in [-0.39, 0.29) is 4.21 Å². The highest BCUT2D eigenvalue weighted by atomic mass is 35.5. The molecule has 0 saturated heterocycles. The Balaban J connectivity index is 2.09. The average molecular weight is 378 g/mol. The van der Waals surface area contributed by atoms with Crippen molar-refractivity contribution in [1.29, 1.82) is 0 Å². The summed E-state index contributed by atoms with van der Waals surface area (Å²) in [5, 5.41) is 0. The maximum atomic E-state index is 13.0. The normalized spacial score (nSPS) is 12.0. The van der Waals surface area contributed by atoms with Gasteiger partial charge in [0.25, 0.3) is 10.0 Å². The molecule has 6 heteroatoms. The van der Waals surface area contributed by atoms with Crippen LogP contribution in [-0.4, -0.2) is 19.8 Å². The van der Waals surface area contributed by atoms with Crippen molar-refractivity contribution in [1.82, 2.24) is 4.31 Å². The molecule has 0 atom stereocenters. The zero-order valence-electron chi connectivity index (χ0n) is 13.0. The van der Waals surface area contributed by atoms with Crippen molar-refractivity contribution in [3.05, 3.63) is 88.3 Å². The lowest BCUT2D eigenvalue weighted by Crippen LogP contribution is -2.31. The monoisotopic (exact) mass is 377 g/mol. The molecule has 0 aliphatic carbocycles. The van der Waals surface area contributed by atoms with Crippen LogP contribution in [0.4, 0.5) is 0 Å². The minimum Gasteiger partial charge on any atom is -0.206 e. The van der Waals surface area contributed by atoms with E-state index in [4.69, 9.17) is 11.6 Å². The van der Waals surface area contributed by atoms with Crippen LogP contribution in [0.15, 0.2) is 77.0 Å². The van der Waals surface area contributed by atoms with Crippen LogP contribution in [0.25, 0.3) is 0 Å². The molecule has 0 spiro atoms. The lowest BCUT2D eigenvalue weighted by Gasteiger charge is -2.28. The summed E-state index contributed by atoms with van der Waals surface area (Å²) in [6.07, 6.45) is 0. The van der Waals surface area contributed by atoms with Crippen LogP contribution in [0.1, 0.15) is 17.2 Å². The van der Waals surface area contributed by atoms with Gasteiger partial charge in [0.2, 0.25) is 0 Å². The van der Waals surface area contributed by atoms with Crippen LogP contribution < -0.4 is 0 Å². The Bertz CT molecular complexity index is 869. The summed E-state index contributed by atoms with van der Waals surface area (Å²) in [6.45, 7) is 0. The third-order valence-corrected chi connectivity index (χ3v) is 7.30. The third kappa shape index (κ3) is 3.39. The van der Waals surface area contributed by atoms with Gasteiger partial charge in [0.1, 0.15) is 4.21 Å². The molecular weight excluding hydrogens is 362 g/mol. The number of hydrogen-bond donors (Lipinski definition) is 0. The molecule has 124 valence electrons. The molecule has 0 bridgehead atoms. The van der Waals surface area contributed by atoms with Crippen LogP contribution in [0.5, 0.6) is 0 Å². The standard InChI is InChI=1S/C18H16ClNO2S2/c1-20(24(21,22)17-13-12-16(19)23-17)18(14-8-4-2-5-9-14)15-10-6-3-7-11-15/h2-13,18H,1H3. The lowest BCUT2D eigenvalue weighted by molar-refractivity contribution is 0.419. The zero-order valence-corrected chi connectivity index (χ0v) is 15.4. The molecule has 0 aliphatic rings. The first-order chi connectivity index (χ1) is 11.5. The van der Waals surface area contributed by atoms with Crippen molar-refractivity contribution in [3.8, 4) is 0 Å². The topological polar surface area (TPSA) is 37.4 Å². The van der Waals surface area contributed by atoms with Gasteiger partial charge in [-0.1, -0.05) is 72.3 Å². The second-order valence-corrected chi connectivity index (χ2v) is 9.24. The highest BCUT2D eigenvalue weighted by Crippen LogP contribution is 2.35. The fourth-order valence-corrected chi connectivity index (χ4v) is 5.60. The second kappa shape index (κ2) is 7.07. The van der Waals surface area contributed by atoms with Crippen molar-refractivity contribution in [2.75, 3.05) is 7.05 Å². The molecule has 0 amide bonds. The van der Waals surface area contributed by atoms with E-state index in [1.54, 1.807) is 19.2 Å². The summed E-state index contributed by atoms with van der Waals surface area (Å²) >= 11 is 6.99. The van der Waals surface area contributed by atoms with Crippen molar-refractivity contribution in [2.24, 2.45) is 0 Å². The van der Waals surface area contributed by atoms with Crippen LogP contribution >= 0.6 is 22.9 Å². The second-order valence-electron chi connectivity index (χ2n) is 5.30. The number of rotatable bonds is 5. The van der Waals surface area contributed by atoms with Crippen LogP contribution in [-0.2, 0) is 10.0 Å². The Morgan fingerprint density at radius 1 is 0.875 bits per heavy atom. The Morgan fingerprint density at radius 3 is 1.79 bits per heavy atom. The molecule has 2 aromatic carbocycles. The Kier molecular flexibility index (Phi) is 5.06. The first-order valence-electron chi connectivity index (χ1n) is 7.33. The SMILES string of the molecule is CN(C(c1ccccc1)c1ccccc1)S(=O)(=O)c1ccc(Cl)s1. The molecule has 0 saturated carbocycles. The van der Waals surface area contributed by atoms with Gasteiger partial charge in [0.05, 0.1) is 10.4 Å². The minimum atomic E-state index is -3.65. The summed E-state index contributed by atoms with van der Waals surface area (Å²) < 4.78 is 28.1. The highest BCUT2D eigenvalue weighted by molar-refractivity contribution is 7.91. The average Bonchev–Trinajstić information content (AvgIpc) is 3.04. The molecule has 24 heavy (non-hydrogen) atoms. The van der Waals surface area contributed by atoms with Gasteiger partial charge in [0.15, 0.2) is 0 Å². The quantitative estimate of drug-likeness (QED) is 0.639. The van der Waals surface area contributed by atoms with Crippen molar-refractivity contribution < 1.29 is 8.42 Å². The molecule has 0 unspecified atom stereocenters. The van der Waals surface area contributed by atoms with Crippen molar-refractivity contribution in [3.63, 3.8) is 0 Å². The number of sulfonamides is 1. The molecule has 0 N–H and O–H groups in total. The smallest absolute Gasteiger partial charge is 0.206 e. The van der Waals surface area contributed by atoms with Gasteiger partial charge in [0, 0.05) is 7.05 Å². The van der Waals surface area contributed by atoms with Crippen LogP contribution in [0.2, 0.25) is 4.34 Å². The van der Waals surface area contributed by atoms with E-state index in [2.05, 4.69) is 0 Å². The van der Waals surface area contributed by atoms with Crippen molar-refractivity contribution >= 4 is 33.0 Å². The van der Waals surface area contributed by atoms with E-state index in [9.17, 15) is 8.42 Å². The number of benzene rings is 2. The molecule has 0 aliphatic heterocycles. The molecule has 1 aromatic heterocycles. The van der Waals surface area contributed by atoms with Gasteiger partial charge in [-0.15, -0.1) is 11.3 Å². The Morgan fingerprint density at radius 2 is 1.38 bits per heavy atom. The number of thiophene rings is 1. The van der Waals surface area contributed by atoms with E-state index in [1.165, 1.54) is 4.31 Å². The zero-order chi connectivity index (χ0) is 17.2. The van der Waals surface area contributed by atoms with E-state index in [0.717, 1.165) is 22.5 Å². The summed E-state index contributed by atoms with van der Waals surface area (Å²) in [5.74, 6) is 0. The Labute approximate surface area is 151 Å². The molecular formula is C18H16ClNO2S2. The van der Waals surface area contributed by atoms with Crippen LogP contribution in [0.3, 0.4) is 0 Å².